The fraction of sp³-hybridized carbons (Fsp3) is 0.692. The van der Waals surface area contributed by atoms with Crippen molar-refractivity contribution in [3.8, 4) is 0 Å². The van der Waals surface area contributed by atoms with E-state index in [0.717, 1.165) is 38.5 Å². The normalized spacial score (nSPS) is 19.2. The molecular weight excluding hydrogens is 232 g/mol. The summed E-state index contributed by atoms with van der Waals surface area (Å²) in [5.41, 5.74) is -0.0883. The lowest BCUT2D eigenvalue weighted by atomic mass is 9.94. The third-order valence-electron chi connectivity index (χ3n) is 3.46. The number of nitrogens with zero attached hydrogens (tertiary/aromatic N) is 1. The first-order valence-electron chi connectivity index (χ1n) is 6.53. The van der Waals surface area contributed by atoms with Gasteiger partial charge < -0.3 is 14.9 Å². The van der Waals surface area contributed by atoms with Gasteiger partial charge in [-0.1, -0.05) is 30.8 Å². The Labute approximate surface area is 107 Å². The summed E-state index contributed by atoms with van der Waals surface area (Å²) in [5.74, 6) is -0.113. The van der Waals surface area contributed by atoms with Gasteiger partial charge in [0.15, 0.2) is 0 Å². The summed E-state index contributed by atoms with van der Waals surface area (Å²) in [6, 6.07) is 1.59. The predicted octanol–water partition coefficient (Wildman–Crippen LogP) is 1.80. The topological polar surface area (TPSA) is 75.4 Å². The van der Waals surface area contributed by atoms with Crippen LogP contribution in [0.3, 0.4) is 0 Å². The molecule has 1 aromatic rings. The lowest BCUT2D eigenvalue weighted by Gasteiger charge is -2.26. The molecule has 0 bridgehead atoms. The van der Waals surface area contributed by atoms with Gasteiger partial charge in [-0.25, -0.2) is 0 Å². The summed E-state index contributed by atoms with van der Waals surface area (Å²) in [4.78, 5) is 11.8. The van der Waals surface area contributed by atoms with Crippen LogP contribution in [0.5, 0.6) is 0 Å². The van der Waals surface area contributed by atoms with Crippen LogP contribution < -0.4 is 5.32 Å². The molecule has 5 heteroatoms. The lowest BCUT2D eigenvalue weighted by molar-refractivity contribution is 0.0242. The molecule has 0 spiro atoms. The van der Waals surface area contributed by atoms with Crippen molar-refractivity contribution in [2.45, 2.75) is 51.0 Å². The minimum atomic E-state index is -0.763. The lowest BCUT2D eigenvalue weighted by Crippen LogP contribution is -2.42. The van der Waals surface area contributed by atoms with Crippen LogP contribution in [-0.2, 0) is 0 Å². The maximum Gasteiger partial charge on any atom is 0.290 e. The van der Waals surface area contributed by atoms with Crippen LogP contribution in [0, 0.1) is 6.92 Å². The number of hydrogen-bond acceptors (Lipinski definition) is 4. The Kier molecular flexibility index (Phi) is 4.01. The SMILES string of the molecule is Cc1cc(C(=O)NCC2(O)CCCCCC2)on1. The van der Waals surface area contributed by atoms with E-state index in [1.165, 1.54) is 0 Å². The van der Waals surface area contributed by atoms with Crippen molar-refractivity contribution in [3.05, 3.63) is 17.5 Å². The summed E-state index contributed by atoms with van der Waals surface area (Å²) in [6.45, 7) is 2.05. The number of nitrogens with one attached hydrogen (secondary N) is 1. The second-order valence-corrected chi connectivity index (χ2v) is 5.15. The van der Waals surface area contributed by atoms with Crippen molar-refractivity contribution in [1.82, 2.24) is 10.5 Å². The van der Waals surface area contributed by atoms with Crippen LogP contribution in [0.1, 0.15) is 54.8 Å². The van der Waals surface area contributed by atoms with E-state index in [1.54, 1.807) is 13.0 Å². The van der Waals surface area contributed by atoms with Crippen LogP contribution in [0.25, 0.3) is 0 Å². The van der Waals surface area contributed by atoms with E-state index in [0.29, 0.717) is 5.69 Å². The zero-order valence-electron chi connectivity index (χ0n) is 10.7. The number of rotatable bonds is 3. The number of aromatic nitrogens is 1. The van der Waals surface area contributed by atoms with Crippen LogP contribution in [0.4, 0.5) is 0 Å². The van der Waals surface area contributed by atoms with Crippen LogP contribution in [-0.4, -0.2) is 28.3 Å². The second-order valence-electron chi connectivity index (χ2n) is 5.15. The molecule has 2 rings (SSSR count). The predicted molar refractivity (Wildman–Crippen MR) is 66.2 cm³/mol. The van der Waals surface area contributed by atoms with Gasteiger partial charge in [0.2, 0.25) is 5.76 Å². The maximum absolute atomic E-state index is 11.8. The molecule has 1 heterocycles. The smallest absolute Gasteiger partial charge is 0.290 e. The molecule has 1 aromatic heterocycles. The molecule has 18 heavy (non-hydrogen) atoms. The van der Waals surface area contributed by atoms with E-state index < -0.39 is 5.60 Å². The second kappa shape index (κ2) is 5.52. The highest BCUT2D eigenvalue weighted by atomic mass is 16.5. The van der Waals surface area contributed by atoms with Gasteiger partial charge >= 0.3 is 0 Å². The Morgan fingerprint density at radius 1 is 1.44 bits per heavy atom. The highest BCUT2D eigenvalue weighted by Gasteiger charge is 2.28. The van der Waals surface area contributed by atoms with E-state index in [4.69, 9.17) is 4.52 Å². The zero-order valence-corrected chi connectivity index (χ0v) is 10.7. The Bertz CT molecular complexity index is 406. The molecule has 0 unspecified atom stereocenters. The summed E-state index contributed by atoms with van der Waals surface area (Å²) < 4.78 is 4.88. The molecule has 0 radical (unpaired) electrons. The largest absolute Gasteiger partial charge is 0.388 e. The van der Waals surface area contributed by atoms with E-state index in [9.17, 15) is 9.90 Å². The highest BCUT2D eigenvalue weighted by Crippen LogP contribution is 2.26. The van der Waals surface area contributed by atoms with Crippen molar-refractivity contribution in [2.75, 3.05) is 6.54 Å². The first-order chi connectivity index (χ1) is 8.59. The van der Waals surface area contributed by atoms with Gasteiger partial charge in [-0.3, -0.25) is 4.79 Å². The Morgan fingerprint density at radius 3 is 2.67 bits per heavy atom. The van der Waals surface area contributed by atoms with Gasteiger partial charge in [-0.2, -0.15) is 0 Å². The number of hydrogen-bond donors (Lipinski definition) is 2. The fourth-order valence-corrected chi connectivity index (χ4v) is 2.37. The Balaban J connectivity index is 1.88. The summed E-state index contributed by atoms with van der Waals surface area (Å²) in [5, 5.41) is 16.8. The van der Waals surface area contributed by atoms with Crippen LogP contribution >= 0.6 is 0 Å². The number of aryl methyl sites for hydroxylation is 1. The standard InChI is InChI=1S/C13H20N2O3/c1-10-8-11(18-15-10)12(16)14-9-13(17)6-4-2-3-5-7-13/h8,17H,2-7,9H2,1H3,(H,14,16). The Hall–Kier alpha value is -1.36. The van der Waals surface area contributed by atoms with Crippen molar-refractivity contribution >= 4 is 5.91 Å². The van der Waals surface area contributed by atoms with Gasteiger partial charge in [0.1, 0.15) is 0 Å². The summed E-state index contributed by atoms with van der Waals surface area (Å²) in [7, 11) is 0. The molecule has 0 atom stereocenters. The van der Waals surface area contributed by atoms with Gasteiger partial charge in [-0.05, 0) is 19.8 Å². The third kappa shape index (κ3) is 3.32. The number of aliphatic hydroxyl groups is 1. The molecular formula is C13H20N2O3. The summed E-state index contributed by atoms with van der Waals surface area (Å²) >= 11 is 0. The molecule has 1 aliphatic carbocycles. The molecule has 0 saturated heterocycles. The van der Waals surface area contributed by atoms with Gasteiger partial charge in [-0.15, -0.1) is 0 Å². The monoisotopic (exact) mass is 252 g/mol. The van der Waals surface area contributed by atoms with Gasteiger partial charge in [0, 0.05) is 12.6 Å². The molecule has 1 fully saturated rings. The maximum atomic E-state index is 11.8. The average Bonchev–Trinajstić information content (AvgIpc) is 2.66. The van der Waals surface area contributed by atoms with E-state index in [2.05, 4.69) is 10.5 Å². The van der Waals surface area contributed by atoms with Crippen molar-refractivity contribution < 1.29 is 14.4 Å². The van der Waals surface area contributed by atoms with Gasteiger partial charge in [0.25, 0.3) is 5.91 Å². The van der Waals surface area contributed by atoms with E-state index in [-0.39, 0.29) is 18.2 Å². The molecule has 2 N–H and O–H groups in total. The quantitative estimate of drug-likeness (QED) is 0.804. The molecule has 1 saturated carbocycles. The fourth-order valence-electron chi connectivity index (χ4n) is 2.37. The Morgan fingerprint density at radius 2 is 2.11 bits per heavy atom. The van der Waals surface area contributed by atoms with E-state index >= 15 is 0 Å². The number of carbonyl (C=O) groups is 1. The molecule has 1 aliphatic rings. The third-order valence-corrected chi connectivity index (χ3v) is 3.46. The highest BCUT2D eigenvalue weighted by molar-refractivity contribution is 5.91. The van der Waals surface area contributed by atoms with Crippen molar-refractivity contribution in [1.29, 1.82) is 0 Å². The molecule has 100 valence electrons. The molecule has 0 aliphatic heterocycles. The number of amides is 1. The van der Waals surface area contributed by atoms with Crippen molar-refractivity contribution in [3.63, 3.8) is 0 Å². The van der Waals surface area contributed by atoms with Crippen LogP contribution in [0.15, 0.2) is 10.6 Å². The molecule has 0 aromatic carbocycles. The minimum absolute atomic E-state index is 0.199. The number of carbonyl (C=O) groups excluding carboxylic acids is 1. The van der Waals surface area contributed by atoms with Crippen LogP contribution in [0.2, 0.25) is 0 Å². The first kappa shape index (κ1) is 13.1. The summed E-state index contributed by atoms with van der Waals surface area (Å²) in [6.07, 6.45) is 5.88. The average molecular weight is 252 g/mol. The van der Waals surface area contributed by atoms with E-state index in [1.807, 2.05) is 0 Å². The van der Waals surface area contributed by atoms with Gasteiger partial charge in [0.05, 0.1) is 11.3 Å². The first-order valence-corrected chi connectivity index (χ1v) is 6.53. The molecule has 5 nitrogen and oxygen atoms in total. The van der Waals surface area contributed by atoms with Crippen molar-refractivity contribution in [2.24, 2.45) is 0 Å². The zero-order chi connectivity index (χ0) is 13.0. The minimum Gasteiger partial charge on any atom is -0.388 e. The molecule has 1 amide bonds.